The van der Waals surface area contributed by atoms with Crippen LogP contribution >= 0.6 is 31.9 Å². The fourth-order valence-electron chi connectivity index (χ4n) is 2.51. The molecule has 0 aromatic carbocycles. The van der Waals surface area contributed by atoms with Crippen LogP contribution in [0.2, 0.25) is 0 Å². The van der Waals surface area contributed by atoms with E-state index in [-0.39, 0.29) is 0 Å². The number of rotatable bonds is 4. The molecule has 2 rings (SSSR count). The summed E-state index contributed by atoms with van der Waals surface area (Å²) in [6, 6.07) is 0. The maximum absolute atomic E-state index is 5.13. The third-order valence-electron chi connectivity index (χ3n) is 3.34. The smallest absolute Gasteiger partial charge is 0.0658 e. The van der Waals surface area contributed by atoms with Crippen molar-refractivity contribution in [1.29, 1.82) is 0 Å². The minimum Gasteiger partial charge on any atom is -0.383 e. The predicted octanol–water partition coefficient (Wildman–Crippen LogP) is 3.71. The predicted molar refractivity (Wildman–Crippen MR) is 75.7 cm³/mol. The first-order chi connectivity index (χ1) is 8.22. The molecule has 1 fully saturated rings. The van der Waals surface area contributed by atoms with Crippen molar-refractivity contribution in [3.05, 3.63) is 16.4 Å². The maximum Gasteiger partial charge on any atom is 0.0658 e. The Kier molecular flexibility index (Phi) is 5.06. The third-order valence-corrected chi connectivity index (χ3v) is 4.78. The molecule has 1 aromatic heterocycles. The minimum atomic E-state index is 0.613. The molecule has 1 aromatic rings. The van der Waals surface area contributed by atoms with Gasteiger partial charge in [-0.3, -0.25) is 4.68 Å². The van der Waals surface area contributed by atoms with Gasteiger partial charge in [0, 0.05) is 17.9 Å². The first-order valence-corrected chi connectivity index (χ1v) is 7.77. The van der Waals surface area contributed by atoms with Gasteiger partial charge < -0.3 is 4.74 Å². The molecular formula is C12H18Br2N2O. The first-order valence-electron chi connectivity index (χ1n) is 6.06. The molecule has 96 valence electrons. The van der Waals surface area contributed by atoms with E-state index < -0.39 is 0 Å². The largest absolute Gasteiger partial charge is 0.383 e. The van der Waals surface area contributed by atoms with Gasteiger partial charge in [0.15, 0.2) is 0 Å². The molecule has 0 saturated heterocycles. The van der Waals surface area contributed by atoms with Crippen molar-refractivity contribution in [2.45, 2.75) is 43.0 Å². The lowest BCUT2D eigenvalue weighted by Crippen LogP contribution is -2.19. The van der Waals surface area contributed by atoms with Crippen molar-refractivity contribution >= 4 is 31.9 Å². The topological polar surface area (TPSA) is 27.1 Å². The molecule has 5 heteroatoms. The SMILES string of the molecule is COCCn1ncc(Br)c1C1CCCC(Br)C1. The Morgan fingerprint density at radius 3 is 3.06 bits per heavy atom. The van der Waals surface area contributed by atoms with Gasteiger partial charge in [0.1, 0.15) is 0 Å². The van der Waals surface area contributed by atoms with Gasteiger partial charge in [-0.2, -0.15) is 5.10 Å². The Labute approximate surface area is 119 Å². The van der Waals surface area contributed by atoms with Crippen molar-refractivity contribution in [3.63, 3.8) is 0 Å². The molecular weight excluding hydrogens is 348 g/mol. The second kappa shape index (κ2) is 6.34. The van der Waals surface area contributed by atoms with E-state index in [1.165, 1.54) is 31.4 Å². The fraction of sp³-hybridized carbons (Fsp3) is 0.750. The Morgan fingerprint density at radius 2 is 2.35 bits per heavy atom. The average Bonchev–Trinajstić information content (AvgIpc) is 2.68. The molecule has 0 spiro atoms. The van der Waals surface area contributed by atoms with Crippen LogP contribution in [-0.4, -0.2) is 28.3 Å². The highest BCUT2D eigenvalue weighted by molar-refractivity contribution is 9.10. The molecule has 1 heterocycles. The quantitative estimate of drug-likeness (QED) is 0.760. The summed E-state index contributed by atoms with van der Waals surface area (Å²) in [5.74, 6) is 0.613. The molecule has 2 unspecified atom stereocenters. The van der Waals surface area contributed by atoms with Gasteiger partial charge in [-0.05, 0) is 35.2 Å². The number of methoxy groups -OCH3 is 1. The van der Waals surface area contributed by atoms with Crippen LogP contribution in [0.15, 0.2) is 10.7 Å². The van der Waals surface area contributed by atoms with E-state index in [1.807, 2.05) is 6.20 Å². The molecule has 2 atom stereocenters. The van der Waals surface area contributed by atoms with Gasteiger partial charge in [-0.1, -0.05) is 22.4 Å². The molecule has 1 aliphatic rings. The van der Waals surface area contributed by atoms with Gasteiger partial charge in [-0.15, -0.1) is 0 Å². The summed E-state index contributed by atoms with van der Waals surface area (Å²) in [5, 5.41) is 4.43. The van der Waals surface area contributed by atoms with Crippen LogP contribution in [0.5, 0.6) is 0 Å². The van der Waals surface area contributed by atoms with Gasteiger partial charge >= 0.3 is 0 Å². The molecule has 0 radical (unpaired) electrons. The number of hydrogen-bond donors (Lipinski definition) is 0. The number of halogens is 2. The van der Waals surface area contributed by atoms with Crippen molar-refractivity contribution in [3.8, 4) is 0 Å². The molecule has 0 bridgehead atoms. The molecule has 3 nitrogen and oxygen atoms in total. The number of ether oxygens (including phenoxy) is 1. The maximum atomic E-state index is 5.13. The summed E-state index contributed by atoms with van der Waals surface area (Å²) in [6.07, 6.45) is 6.96. The Balaban J connectivity index is 2.14. The van der Waals surface area contributed by atoms with Crippen molar-refractivity contribution in [2.75, 3.05) is 13.7 Å². The summed E-state index contributed by atoms with van der Waals surface area (Å²) < 4.78 is 8.36. The molecule has 0 amide bonds. The van der Waals surface area contributed by atoms with E-state index in [2.05, 4.69) is 41.6 Å². The van der Waals surface area contributed by atoms with E-state index in [4.69, 9.17) is 4.74 Å². The van der Waals surface area contributed by atoms with Gasteiger partial charge in [0.2, 0.25) is 0 Å². The van der Waals surface area contributed by atoms with Crippen LogP contribution in [0.25, 0.3) is 0 Å². The Bertz CT molecular complexity index is 367. The molecule has 0 N–H and O–H groups in total. The van der Waals surface area contributed by atoms with Crippen LogP contribution in [0.1, 0.15) is 37.3 Å². The van der Waals surface area contributed by atoms with Crippen LogP contribution in [0.4, 0.5) is 0 Å². The fourth-order valence-corrected chi connectivity index (χ4v) is 3.91. The number of hydrogen-bond acceptors (Lipinski definition) is 2. The summed E-state index contributed by atoms with van der Waals surface area (Å²) in [4.78, 5) is 0.652. The van der Waals surface area contributed by atoms with Gasteiger partial charge in [-0.25, -0.2) is 0 Å². The Hall–Kier alpha value is 0.130. The molecule has 17 heavy (non-hydrogen) atoms. The van der Waals surface area contributed by atoms with E-state index in [0.29, 0.717) is 17.4 Å². The van der Waals surface area contributed by atoms with Crippen LogP contribution < -0.4 is 0 Å². The molecule has 0 aliphatic heterocycles. The van der Waals surface area contributed by atoms with Crippen molar-refractivity contribution < 1.29 is 4.74 Å². The number of nitrogens with zero attached hydrogens (tertiary/aromatic N) is 2. The van der Waals surface area contributed by atoms with E-state index in [9.17, 15) is 0 Å². The third kappa shape index (κ3) is 3.32. The highest BCUT2D eigenvalue weighted by Gasteiger charge is 2.26. The lowest BCUT2D eigenvalue weighted by Gasteiger charge is -2.26. The molecule has 1 aliphatic carbocycles. The van der Waals surface area contributed by atoms with Gasteiger partial charge in [0.05, 0.1) is 29.5 Å². The van der Waals surface area contributed by atoms with E-state index >= 15 is 0 Å². The summed E-state index contributed by atoms with van der Waals surface area (Å²) in [6.45, 7) is 1.55. The zero-order chi connectivity index (χ0) is 12.3. The monoisotopic (exact) mass is 364 g/mol. The number of alkyl halides is 1. The van der Waals surface area contributed by atoms with Crippen LogP contribution in [0, 0.1) is 0 Å². The first kappa shape index (κ1) is 13.6. The Morgan fingerprint density at radius 1 is 1.53 bits per heavy atom. The lowest BCUT2D eigenvalue weighted by molar-refractivity contribution is 0.181. The summed E-state index contributed by atoms with van der Waals surface area (Å²) in [7, 11) is 1.73. The minimum absolute atomic E-state index is 0.613. The summed E-state index contributed by atoms with van der Waals surface area (Å²) >= 11 is 7.37. The van der Waals surface area contributed by atoms with Crippen LogP contribution in [0.3, 0.4) is 0 Å². The standard InChI is InChI=1S/C12H18Br2N2O/c1-17-6-5-16-12(11(14)8-15-16)9-3-2-4-10(13)7-9/h8-10H,2-7H2,1H3. The number of aromatic nitrogens is 2. The van der Waals surface area contributed by atoms with Crippen molar-refractivity contribution in [1.82, 2.24) is 9.78 Å². The zero-order valence-corrected chi connectivity index (χ0v) is 13.2. The second-order valence-corrected chi connectivity index (χ2v) is 6.70. The lowest BCUT2D eigenvalue weighted by atomic mass is 9.87. The summed E-state index contributed by atoms with van der Waals surface area (Å²) in [5.41, 5.74) is 1.34. The normalized spacial score (nSPS) is 25.1. The highest BCUT2D eigenvalue weighted by atomic mass is 79.9. The zero-order valence-electron chi connectivity index (χ0n) is 10.0. The van der Waals surface area contributed by atoms with Gasteiger partial charge in [0.25, 0.3) is 0 Å². The van der Waals surface area contributed by atoms with Crippen LogP contribution in [-0.2, 0) is 11.3 Å². The van der Waals surface area contributed by atoms with Crippen molar-refractivity contribution in [2.24, 2.45) is 0 Å². The molecule has 1 saturated carbocycles. The highest BCUT2D eigenvalue weighted by Crippen LogP contribution is 2.38. The van der Waals surface area contributed by atoms with E-state index in [1.54, 1.807) is 7.11 Å². The second-order valence-electron chi connectivity index (χ2n) is 4.55. The average molecular weight is 366 g/mol. The van der Waals surface area contributed by atoms with E-state index in [0.717, 1.165) is 11.0 Å².